The summed E-state index contributed by atoms with van der Waals surface area (Å²) in [6.45, 7) is 5.73. The van der Waals surface area contributed by atoms with Gasteiger partial charge < -0.3 is 45.1 Å². The molecule has 1 fully saturated rings. The molecule has 0 spiro atoms. The van der Waals surface area contributed by atoms with Crippen LogP contribution in [0.2, 0.25) is 0 Å². The largest absolute Gasteiger partial charge is 0.454 e. The molecule has 8 unspecified atom stereocenters. The van der Waals surface area contributed by atoms with Crippen LogP contribution in [0, 0.1) is 0 Å². The van der Waals surface area contributed by atoms with Crippen LogP contribution in [0.3, 0.4) is 0 Å². The molecule has 0 radical (unpaired) electrons. The first-order valence-electron chi connectivity index (χ1n) is 33.4. The van der Waals surface area contributed by atoms with Gasteiger partial charge in [0, 0.05) is 6.42 Å². The molecule has 0 aromatic heterocycles. The molecule has 468 valence electrons. The van der Waals surface area contributed by atoms with Crippen LogP contribution in [-0.2, 0) is 23.8 Å². The highest BCUT2D eigenvalue weighted by Crippen LogP contribution is 2.26. The number of aliphatic hydroxyl groups is 5. The fraction of sp³-hybridized carbons (Fsp3) is 0.771. The first-order valence-corrected chi connectivity index (χ1v) is 33.4. The van der Waals surface area contributed by atoms with Crippen molar-refractivity contribution in [1.82, 2.24) is 5.32 Å². The molecule has 1 aliphatic rings. The number of hydrogen-bond acceptors (Lipinski definition) is 10. The van der Waals surface area contributed by atoms with E-state index in [0.717, 1.165) is 103 Å². The predicted octanol–water partition coefficient (Wildman–Crippen LogP) is 16.5. The quantitative estimate of drug-likeness (QED) is 0.0195. The molecule has 0 aromatic carbocycles. The maximum atomic E-state index is 13.4. The van der Waals surface area contributed by atoms with E-state index in [2.05, 4.69) is 99.0 Å². The summed E-state index contributed by atoms with van der Waals surface area (Å²) in [7, 11) is 0. The molecule has 6 N–H and O–H groups in total. The van der Waals surface area contributed by atoms with Crippen LogP contribution in [0.25, 0.3) is 0 Å². The topological polar surface area (TPSA) is 175 Å². The maximum absolute atomic E-state index is 13.4. The van der Waals surface area contributed by atoms with E-state index in [9.17, 15) is 35.1 Å². The second kappa shape index (κ2) is 57.3. The first kappa shape index (κ1) is 75.9. The minimum atomic E-state index is -1.62. The molecule has 0 aliphatic carbocycles. The Balaban J connectivity index is 2.62. The van der Waals surface area contributed by atoms with Gasteiger partial charge >= 0.3 is 5.97 Å². The highest BCUT2D eigenvalue weighted by Gasteiger charge is 2.47. The monoisotopic (exact) mass is 1140 g/mol. The van der Waals surface area contributed by atoms with Crippen molar-refractivity contribution in [3.63, 3.8) is 0 Å². The number of unbranched alkanes of at least 4 members (excludes halogenated alkanes) is 30. The van der Waals surface area contributed by atoms with Crippen LogP contribution in [0.5, 0.6) is 0 Å². The third-order valence-electron chi connectivity index (χ3n) is 15.3. The SMILES string of the molecule is CCCCC/C=C\C/C=C\C/C=C\CCCCCCCCCCCCC(=O)OC1C(OCC(NC(=O)C(O)CCCCCCC/C=C\C/C=C\C/C=C\CCCCC)C(O)/C=C/CCCCCCCCCCC)OC(CO)C(O)C1O. The lowest BCUT2D eigenvalue weighted by molar-refractivity contribution is -0.305. The Bertz CT molecular complexity index is 1640. The molecular formula is C70H123NO10. The second-order valence-electron chi connectivity index (χ2n) is 22.8. The fourth-order valence-electron chi connectivity index (χ4n) is 9.96. The van der Waals surface area contributed by atoms with Gasteiger partial charge in [-0.1, -0.05) is 260 Å². The number of nitrogens with one attached hydrogen (secondary N) is 1. The van der Waals surface area contributed by atoms with E-state index in [1.807, 2.05) is 6.08 Å². The van der Waals surface area contributed by atoms with Crippen molar-refractivity contribution < 1.29 is 49.3 Å². The smallest absolute Gasteiger partial charge is 0.306 e. The average molecular weight is 1140 g/mol. The molecule has 1 amide bonds. The summed E-state index contributed by atoms with van der Waals surface area (Å²) >= 11 is 0. The maximum Gasteiger partial charge on any atom is 0.306 e. The van der Waals surface area contributed by atoms with Crippen molar-refractivity contribution >= 4 is 11.9 Å². The number of rotatable bonds is 56. The third kappa shape index (κ3) is 45.0. The van der Waals surface area contributed by atoms with Crippen molar-refractivity contribution in [3.05, 3.63) is 85.1 Å². The number of carbonyl (C=O) groups is 2. The summed E-state index contributed by atoms with van der Waals surface area (Å²) in [5.41, 5.74) is 0. The van der Waals surface area contributed by atoms with E-state index >= 15 is 0 Å². The van der Waals surface area contributed by atoms with E-state index in [1.54, 1.807) is 6.08 Å². The van der Waals surface area contributed by atoms with Crippen molar-refractivity contribution in [2.45, 2.75) is 333 Å². The summed E-state index contributed by atoms with van der Waals surface area (Å²) in [6, 6.07) is -1.04. The third-order valence-corrected chi connectivity index (χ3v) is 15.3. The number of allylic oxidation sites excluding steroid dienone is 13. The number of esters is 1. The first-order chi connectivity index (χ1) is 39.7. The zero-order valence-electron chi connectivity index (χ0n) is 51.9. The Labute approximate surface area is 495 Å². The van der Waals surface area contributed by atoms with E-state index < -0.39 is 67.4 Å². The van der Waals surface area contributed by atoms with E-state index in [-0.39, 0.29) is 19.4 Å². The predicted molar refractivity (Wildman–Crippen MR) is 338 cm³/mol. The van der Waals surface area contributed by atoms with E-state index in [1.165, 1.54) is 135 Å². The summed E-state index contributed by atoms with van der Waals surface area (Å²) in [5.74, 6) is -1.21. The minimum absolute atomic E-state index is 0.114. The molecular weight excluding hydrogens is 1010 g/mol. The zero-order chi connectivity index (χ0) is 58.9. The van der Waals surface area contributed by atoms with Crippen LogP contribution in [0.15, 0.2) is 85.1 Å². The van der Waals surface area contributed by atoms with Crippen LogP contribution in [0.4, 0.5) is 0 Å². The molecule has 0 bridgehead atoms. The summed E-state index contributed by atoms with van der Waals surface area (Å²) in [5, 5.41) is 57.1. The van der Waals surface area contributed by atoms with Crippen LogP contribution >= 0.6 is 0 Å². The fourth-order valence-corrected chi connectivity index (χ4v) is 9.96. The standard InChI is InChI=1S/C70H123NO10/c1-4-7-10-13-16-19-22-24-26-28-30-31-32-33-34-36-38-40-43-46-49-52-55-58-65(75)81-68-67(77)66(76)64(59-72)80-70(68)79-60-61(62(73)56-53-50-47-44-41-21-18-15-12-9-6-3)71-69(78)63(74)57-54-51-48-45-42-39-37-35-29-27-25-23-20-17-14-11-8-5-2/h16-17,19-20,24-27,30-31,35,37,53,56,61-64,66-68,70,72-74,76-77H,4-15,18,21-23,28-29,32-34,36,38-52,54-55,57-60H2,1-3H3,(H,71,78)/b19-16-,20-17-,26-24-,27-25-,31-30-,37-35-,56-53+. The highest BCUT2D eigenvalue weighted by atomic mass is 16.7. The molecule has 8 atom stereocenters. The molecule has 11 nitrogen and oxygen atoms in total. The van der Waals surface area contributed by atoms with Gasteiger partial charge in [0.15, 0.2) is 12.4 Å². The Kier molecular flexibility index (Phi) is 53.6. The Morgan fingerprint density at radius 2 is 0.852 bits per heavy atom. The number of hydrogen-bond donors (Lipinski definition) is 6. The van der Waals surface area contributed by atoms with Gasteiger partial charge in [-0.2, -0.15) is 0 Å². The number of aliphatic hydroxyl groups excluding tert-OH is 5. The van der Waals surface area contributed by atoms with Crippen molar-refractivity contribution in [1.29, 1.82) is 0 Å². The lowest BCUT2D eigenvalue weighted by Gasteiger charge is -2.41. The van der Waals surface area contributed by atoms with Gasteiger partial charge in [0.2, 0.25) is 5.91 Å². The van der Waals surface area contributed by atoms with Gasteiger partial charge in [-0.25, -0.2) is 0 Å². The van der Waals surface area contributed by atoms with Crippen LogP contribution < -0.4 is 5.32 Å². The highest BCUT2D eigenvalue weighted by molar-refractivity contribution is 5.80. The van der Waals surface area contributed by atoms with Crippen LogP contribution in [0.1, 0.15) is 284 Å². The number of amides is 1. The Hall–Kier alpha value is -3.16. The zero-order valence-corrected chi connectivity index (χ0v) is 51.9. The number of ether oxygens (including phenoxy) is 3. The summed E-state index contributed by atoms with van der Waals surface area (Å²) < 4.78 is 17.6. The molecule has 0 aromatic rings. The molecule has 1 rings (SSSR count). The van der Waals surface area contributed by atoms with Crippen molar-refractivity contribution in [2.75, 3.05) is 13.2 Å². The van der Waals surface area contributed by atoms with Crippen molar-refractivity contribution in [3.8, 4) is 0 Å². The molecule has 1 aliphatic heterocycles. The molecule has 0 saturated carbocycles. The normalized spacial score (nSPS) is 19.2. The second-order valence-corrected chi connectivity index (χ2v) is 22.8. The van der Waals surface area contributed by atoms with Gasteiger partial charge in [0.25, 0.3) is 0 Å². The van der Waals surface area contributed by atoms with Crippen molar-refractivity contribution in [2.24, 2.45) is 0 Å². The molecule has 81 heavy (non-hydrogen) atoms. The van der Waals surface area contributed by atoms with Gasteiger partial charge in [0.1, 0.15) is 24.4 Å². The average Bonchev–Trinajstić information content (AvgIpc) is 3.50. The summed E-state index contributed by atoms with van der Waals surface area (Å²) in [6.07, 6.45) is 64.7. The Morgan fingerprint density at radius 3 is 1.30 bits per heavy atom. The molecule has 1 saturated heterocycles. The molecule has 1 heterocycles. The van der Waals surface area contributed by atoms with Gasteiger partial charge in [-0.15, -0.1) is 0 Å². The summed E-state index contributed by atoms with van der Waals surface area (Å²) in [4.78, 5) is 26.6. The van der Waals surface area contributed by atoms with Gasteiger partial charge in [-0.05, 0) is 103 Å². The molecule has 11 heteroatoms. The van der Waals surface area contributed by atoms with E-state index in [4.69, 9.17) is 14.2 Å². The number of carbonyl (C=O) groups excluding carboxylic acids is 2. The lowest BCUT2D eigenvalue weighted by Crippen LogP contribution is -2.61. The Morgan fingerprint density at radius 1 is 0.481 bits per heavy atom. The van der Waals surface area contributed by atoms with Crippen LogP contribution in [-0.4, -0.2) is 99.6 Å². The minimum Gasteiger partial charge on any atom is -0.454 e. The lowest BCUT2D eigenvalue weighted by atomic mass is 9.99. The van der Waals surface area contributed by atoms with Gasteiger partial charge in [0.05, 0.1) is 25.4 Å². The van der Waals surface area contributed by atoms with E-state index in [0.29, 0.717) is 12.8 Å². The van der Waals surface area contributed by atoms with Gasteiger partial charge in [-0.3, -0.25) is 9.59 Å².